The summed E-state index contributed by atoms with van der Waals surface area (Å²) >= 11 is 0. The highest BCUT2D eigenvalue weighted by Crippen LogP contribution is 2.45. The number of aliphatic hydroxyl groups is 2. The molecule has 0 bridgehead atoms. The highest BCUT2D eigenvalue weighted by molar-refractivity contribution is 7.47. The third-order valence-corrected chi connectivity index (χ3v) is 24.0. The lowest BCUT2D eigenvalue weighted by atomic mass is 10.0. The van der Waals surface area contributed by atoms with Crippen LogP contribution in [0.3, 0.4) is 0 Å². The predicted molar refractivity (Wildman–Crippen MR) is 546 cm³/mol. The topological polar surface area (TPSA) is 231 Å². The number of unbranched alkanes of at least 4 members (excludes halogenated alkanes) is 45. The van der Waals surface area contributed by atoms with Crippen molar-refractivity contribution in [1.82, 2.24) is 0 Å². The first-order chi connectivity index (χ1) is 63.2. The molecular formula is C111H190O16P2. The fourth-order valence-electron chi connectivity index (χ4n) is 14.3. The van der Waals surface area contributed by atoms with Gasteiger partial charge in [-0.05, 0) is 161 Å². The van der Waals surface area contributed by atoms with Crippen LogP contribution in [0.1, 0.15) is 445 Å². The largest absolute Gasteiger partial charge is 0.472 e. The average molecular weight is 1840 g/mol. The van der Waals surface area contributed by atoms with Crippen molar-refractivity contribution in [1.29, 1.82) is 0 Å². The summed E-state index contributed by atoms with van der Waals surface area (Å²) in [6, 6.07) is 0. The van der Waals surface area contributed by atoms with E-state index < -0.39 is 91.5 Å². The van der Waals surface area contributed by atoms with Gasteiger partial charge in [-0.2, -0.15) is 0 Å². The van der Waals surface area contributed by atoms with Crippen LogP contribution in [0.2, 0.25) is 0 Å². The van der Waals surface area contributed by atoms with Gasteiger partial charge in [0.2, 0.25) is 0 Å². The molecule has 0 saturated heterocycles. The highest BCUT2D eigenvalue weighted by Gasteiger charge is 2.30. The maximum atomic E-state index is 13.1. The molecule has 0 aromatic heterocycles. The zero-order valence-corrected chi connectivity index (χ0v) is 83.8. The minimum absolute atomic E-state index is 0.0944. The summed E-state index contributed by atoms with van der Waals surface area (Å²) in [6.07, 6.45) is 135. The minimum Gasteiger partial charge on any atom is -0.463 e. The molecule has 5 unspecified atom stereocenters. The molecule has 0 spiro atoms. The van der Waals surface area contributed by atoms with Gasteiger partial charge in [0, 0.05) is 19.3 Å². The van der Waals surface area contributed by atoms with E-state index in [9.17, 15) is 43.5 Å². The lowest BCUT2D eigenvalue weighted by Crippen LogP contribution is -2.30. The van der Waals surface area contributed by atoms with Crippen LogP contribution in [0.25, 0.3) is 0 Å². The average Bonchev–Trinajstić information content (AvgIpc) is 0.898. The molecule has 18 heteroatoms. The summed E-state index contributed by atoms with van der Waals surface area (Å²) in [5.74, 6) is -1.57. The van der Waals surface area contributed by atoms with Gasteiger partial charge in [0.05, 0.1) is 26.4 Å². The number of carbonyl (C=O) groups excluding carboxylic acids is 3. The summed E-state index contributed by atoms with van der Waals surface area (Å²) < 4.78 is 61.7. The van der Waals surface area contributed by atoms with E-state index in [1.165, 1.54) is 212 Å². The monoisotopic (exact) mass is 1840 g/mol. The van der Waals surface area contributed by atoms with E-state index >= 15 is 0 Å². The lowest BCUT2D eigenvalue weighted by molar-refractivity contribution is -0.161. The molecular weight excluding hydrogens is 1650 g/mol. The Hall–Kier alpha value is -5.35. The molecule has 0 aromatic carbocycles. The van der Waals surface area contributed by atoms with E-state index in [2.05, 4.69) is 203 Å². The number of hydrogen-bond donors (Lipinski definition) is 4. The number of carbonyl (C=O) groups is 3. The van der Waals surface area contributed by atoms with Crippen LogP contribution in [0, 0.1) is 0 Å². The van der Waals surface area contributed by atoms with Gasteiger partial charge in [0.15, 0.2) is 6.10 Å². The molecule has 16 nitrogen and oxygen atoms in total. The minimum atomic E-state index is -4.95. The number of allylic oxidation sites excluding steroid dienone is 30. The Labute approximate surface area is 789 Å². The van der Waals surface area contributed by atoms with Crippen LogP contribution in [-0.2, 0) is 55.8 Å². The number of esters is 3. The van der Waals surface area contributed by atoms with Gasteiger partial charge < -0.3 is 34.2 Å². The van der Waals surface area contributed by atoms with E-state index in [1.807, 2.05) is 0 Å². The number of ether oxygens (including phenoxy) is 3. The van der Waals surface area contributed by atoms with Crippen molar-refractivity contribution >= 4 is 33.6 Å². The number of phosphoric acid groups is 2. The Balaban J connectivity index is 4.57. The predicted octanol–water partition coefficient (Wildman–Crippen LogP) is 33.1. The van der Waals surface area contributed by atoms with Gasteiger partial charge in [-0.3, -0.25) is 32.5 Å². The van der Waals surface area contributed by atoms with Gasteiger partial charge in [-0.15, -0.1) is 0 Å². The molecule has 0 heterocycles. The maximum Gasteiger partial charge on any atom is 0.472 e. The van der Waals surface area contributed by atoms with Gasteiger partial charge in [-0.25, -0.2) is 9.13 Å². The second kappa shape index (κ2) is 102. The van der Waals surface area contributed by atoms with Crippen molar-refractivity contribution in [2.24, 2.45) is 0 Å². The zero-order valence-electron chi connectivity index (χ0n) is 82.0. The number of phosphoric ester groups is 2. The fourth-order valence-corrected chi connectivity index (χ4v) is 15.9. The van der Waals surface area contributed by atoms with Crippen LogP contribution < -0.4 is 0 Å². The van der Waals surface area contributed by atoms with Crippen LogP contribution in [0.5, 0.6) is 0 Å². The molecule has 5 atom stereocenters. The molecule has 0 rings (SSSR count). The lowest BCUT2D eigenvalue weighted by Gasteiger charge is -2.21. The molecule has 0 radical (unpaired) electrons. The number of hydrogen-bond acceptors (Lipinski definition) is 14. The Morgan fingerprint density at radius 2 is 0.411 bits per heavy atom. The zero-order chi connectivity index (χ0) is 93.5. The molecule has 4 N–H and O–H groups in total. The Bertz CT molecular complexity index is 3080. The first-order valence-corrected chi connectivity index (χ1v) is 55.1. The van der Waals surface area contributed by atoms with Crippen molar-refractivity contribution in [2.45, 2.75) is 463 Å². The first-order valence-electron chi connectivity index (χ1n) is 52.1. The van der Waals surface area contributed by atoms with E-state index in [-0.39, 0.29) is 19.3 Å². The number of rotatable bonds is 98. The van der Waals surface area contributed by atoms with Gasteiger partial charge in [0.1, 0.15) is 25.4 Å². The van der Waals surface area contributed by atoms with E-state index in [0.717, 1.165) is 173 Å². The van der Waals surface area contributed by atoms with Crippen LogP contribution in [0.15, 0.2) is 182 Å². The van der Waals surface area contributed by atoms with Crippen molar-refractivity contribution in [3.8, 4) is 0 Å². The molecule has 740 valence electrons. The van der Waals surface area contributed by atoms with Gasteiger partial charge >= 0.3 is 33.6 Å². The maximum absolute atomic E-state index is 13.1. The standard InChI is InChI=1S/C111H190O16P2/c1-4-7-10-13-16-19-22-25-28-31-34-37-40-43-45-47-49-51-52-54-56-57-59-62-64-67-70-73-76-79-82-85-88-91-94-97-109(114)121-100-106(112)101-123-128(117,118)124-102-107(113)103-125-129(119,120)126-105-108(127-111(116)99-96-93-90-87-84-81-78-75-72-69-66-61-42-39-36-33-30-27-24-21-18-15-12-9-6-3)104-122-110(115)98-95-92-89-86-83-80-77-74-71-68-65-63-60-58-55-53-50-48-46-44-41-38-35-32-29-26-23-20-17-14-11-8-5-2/h7-8,10-11,16-21,25-30,34-39,43-46,50,53,61,66,106-108,112-113H,4-6,9,12-15,22-24,31-33,40-42,47-49,51-52,54-60,62-65,67-105H2,1-3H3,(H,117,118)(H,119,120)/b10-7-,11-8-,19-16-,20-17-,21-18-,28-25-,29-26-,30-27-,37-34-,38-35-,39-36-,45-43-,46-44-,53-50-,66-61-. The second-order valence-corrected chi connectivity index (χ2v) is 37.5. The van der Waals surface area contributed by atoms with Gasteiger partial charge in [-0.1, -0.05) is 447 Å². The summed E-state index contributed by atoms with van der Waals surface area (Å²) in [7, 11) is -9.82. The Morgan fingerprint density at radius 3 is 0.651 bits per heavy atom. The molecule has 0 fully saturated rings. The fraction of sp³-hybridized carbons (Fsp3) is 0.703. The molecule has 0 aliphatic rings. The van der Waals surface area contributed by atoms with Crippen LogP contribution in [0.4, 0.5) is 0 Å². The van der Waals surface area contributed by atoms with Crippen molar-refractivity contribution < 1.29 is 75.8 Å². The number of aliphatic hydroxyl groups excluding tert-OH is 2. The van der Waals surface area contributed by atoms with Crippen LogP contribution >= 0.6 is 15.6 Å². The molecule has 0 amide bonds. The van der Waals surface area contributed by atoms with E-state index in [4.69, 9.17) is 32.3 Å². The summed E-state index contributed by atoms with van der Waals surface area (Å²) in [6.45, 7) is 2.49. The quantitative estimate of drug-likeness (QED) is 0.0146. The van der Waals surface area contributed by atoms with Gasteiger partial charge in [0.25, 0.3) is 0 Å². The normalized spacial score (nSPS) is 14.4. The van der Waals surface area contributed by atoms with E-state index in [0.29, 0.717) is 19.3 Å². The smallest absolute Gasteiger partial charge is 0.463 e. The van der Waals surface area contributed by atoms with Crippen LogP contribution in [-0.4, -0.2) is 95.9 Å². The SMILES string of the molecule is CC/C=C\C/C=C\C/C=C\C/C=C\C/C=C\C/C=C\CCCCCCCCCCCCCCCCC(=O)OCC(COP(=O)(O)OCC(O)COP(=O)(O)OCC(O)COC(=O)CCCCCCCCCCCCCCCCCCCCC/C=C\C/C=C\C/C=C\C/C=C\C/C=C\CC)OC(=O)CCCCCCCCCCC/C=C\C/C=C\C/C=C\C/C=C\CCCCC. The third-order valence-electron chi connectivity index (χ3n) is 22.1. The summed E-state index contributed by atoms with van der Waals surface area (Å²) in [5.41, 5.74) is 0. The molecule has 0 saturated carbocycles. The molecule has 0 aliphatic heterocycles. The Morgan fingerprint density at radius 1 is 0.225 bits per heavy atom. The molecule has 0 aromatic rings. The summed E-state index contributed by atoms with van der Waals surface area (Å²) in [5, 5.41) is 20.8. The second-order valence-electron chi connectivity index (χ2n) is 34.6. The van der Waals surface area contributed by atoms with Crippen molar-refractivity contribution in [2.75, 3.05) is 39.6 Å². The third kappa shape index (κ3) is 103. The van der Waals surface area contributed by atoms with Crippen molar-refractivity contribution in [3.63, 3.8) is 0 Å². The van der Waals surface area contributed by atoms with E-state index in [1.54, 1.807) is 0 Å². The highest BCUT2D eigenvalue weighted by atomic mass is 31.2. The Kier molecular flexibility index (Phi) is 97.4. The molecule has 0 aliphatic carbocycles. The van der Waals surface area contributed by atoms with Crippen molar-refractivity contribution in [3.05, 3.63) is 182 Å². The first kappa shape index (κ1) is 124. The molecule has 129 heavy (non-hydrogen) atoms. The summed E-state index contributed by atoms with van der Waals surface area (Å²) in [4.78, 5) is 59.2.